The first kappa shape index (κ1) is 15.2. The molecule has 4 heteroatoms. The Morgan fingerprint density at radius 3 is 2.74 bits per heavy atom. The second-order valence-electron chi connectivity index (χ2n) is 5.63. The number of nitrogens with one attached hydrogen (secondary N) is 1. The SMILES string of the molecule is Cc1nc2ccccc2c(C)c1CC(=O)NCc1cccnc1. The molecule has 3 rings (SSSR count). The molecule has 2 heterocycles. The summed E-state index contributed by atoms with van der Waals surface area (Å²) in [5.41, 5.74) is 5.02. The van der Waals surface area contributed by atoms with Crippen molar-refractivity contribution in [1.82, 2.24) is 15.3 Å². The van der Waals surface area contributed by atoms with Crippen LogP contribution in [0.25, 0.3) is 10.9 Å². The van der Waals surface area contributed by atoms with Crippen LogP contribution in [0.2, 0.25) is 0 Å². The van der Waals surface area contributed by atoms with Crippen molar-refractivity contribution >= 4 is 16.8 Å². The molecule has 0 aliphatic carbocycles. The van der Waals surface area contributed by atoms with Gasteiger partial charge in [0.25, 0.3) is 0 Å². The number of rotatable bonds is 4. The van der Waals surface area contributed by atoms with E-state index in [0.717, 1.165) is 33.3 Å². The van der Waals surface area contributed by atoms with E-state index in [-0.39, 0.29) is 5.91 Å². The Morgan fingerprint density at radius 1 is 1.13 bits per heavy atom. The van der Waals surface area contributed by atoms with Gasteiger partial charge in [-0.15, -0.1) is 0 Å². The summed E-state index contributed by atoms with van der Waals surface area (Å²) >= 11 is 0. The van der Waals surface area contributed by atoms with E-state index in [2.05, 4.69) is 22.2 Å². The minimum atomic E-state index is -0.00265. The number of amides is 1. The highest BCUT2D eigenvalue weighted by Crippen LogP contribution is 2.22. The number of fused-ring (bicyclic) bond motifs is 1. The average Bonchev–Trinajstić information content (AvgIpc) is 2.58. The van der Waals surface area contributed by atoms with Crippen LogP contribution in [-0.2, 0) is 17.8 Å². The highest BCUT2D eigenvalue weighted by Gasteiger charge is 2.12. The topological polar surface area (TPSA) is 54.9 Å². The largest absolute Gasteiger partial charge is 0.352 e. The number of carbonyl (C=O) groups is 1. The molecule has 0 aliphatic rings. The molecule has 0 atom stereocenters. The molecular weight excluding hydrogens is 286 g/mol. The van der Waals surface area contributed by atoms with Crippen LogP contribution in [0, 0.1) is 13.8 Å². The summed E-state index contributed by atoms with van der Waals surface area (Å²) in [4.78, 5) is 20.9. The fourth-order valence-electron chi connectivity index (χ4n) is 2.76. The minimum Gasteiger partial charge on any atom is -0.352 e. The number of pyridine rings is 2. The molecule has 3 aromatic rings. The maximum absolute atomic E-state index is 12.3. The first-order valence-electron chi connectivity index (χ1n) is 7.65. The third-order valence-electron chi connectivity index (χ3n) is 4.04. The summed E-state index contributed by atoms with van der Waals surface area (Å²) < 4.78 is 0. The van der Waals surface area contributed by atoms with Crippen LogP contribution in [-0.4, -0.2) is 15.9 Å². The lowest BCUT2D eigenvalue weighted by Crippen LogP contribution is -2.25. The Kier molecular flexibility index (Phi) is 4.33. The van der Waals surface area contributed by atoms with Crippen molar-refractivity contribution in [3.8, 4) is 0 Å². The van der Waals surface area contributed by atoms with E-state index in [1.54, 1.807) is 12.4 Å². The zero-order valence-electron chi connectivity index (χ0n) is 13.3. The van der Waals surface area contributed by atoms with E-state index in [0.29, 0.717) is 13.0 Å². The zero-order valence-corrected chi connectivity index (χ0v) is 13.3. The molecule has 0 saturated carbocycles. The van der Waals surface area contributed by atoms with Gasteiger partial charge in [-0.25, -0.2) is 0 Å². The van der Waals surface area contributed by atoms with Crippen LogP contribution in [0.3, 0.4) is 0 Å². The smallest absolute Gasteiger partial charge is 0.224 e. The molecule has 23 heavy (non-hydrogen) atoms. The van der Waals surface area contributed by atoms with Crippen molar-refractivity contribution in [3.05, 3.63) is 71.2 Å². The number of nitrogens with zero attached hydrogens (tertiary/aromatic N) is 2. The van der Waals surface area contributed by atoms with Gasteiger partial charge in [0, 0.05) is 30.0 Å². The number of para-hydroxylation sites is 1. The van der Waals surface area contributed by atoms with Crippen LogP contribution < -0.4 is 5.32 Å². The third-order valence-corrected chi connectivity index (χ3v) is 4.04. The van der Waals surface area contributed by atoms with Crippen LogP contribution >= 0.6 is 0 Å². The van der Waals surface area contributed by atoms with Crippen LogP contribution in [0.5, 0.6) is 0 Å². The molecule has 1 N–H and O–H groups in total. The fraction of sp³-hybridized carbons (Fsp3) is 0.211. The third kappa shape index (κ3) is 3.37. The number of hydrogen-bond donors (Lipinski definition) is 1. The van der Waals surface area contributed by atoms with Gasteiger partial charge in [-0.2, -0.15) is 0 Å². The monoisotopic (exact) mass is 305 g/mol. The standard InChI is InChI=1S/C19H19N3O/c1-13-16-7-3-4-8-18(16)22-14(2)17(13)10-19(23)21-12-15-6-5-9-20-11-15/h3-9,11H,10,12H2,1-2H3,(H,21,23). The van der Waals surface area contributed by atoms with Gasteiger partial charge in [0.15, 0.2) is 0 Å². The summed E-state index contributed by atoms with van der Waals surface area (Å²) in [6, 6.07) is 11.8. The first-order chi connectivity index (χ1) is 11.1. The van der Waals surface area contributed by atoms with Gasteiger partial charge in [-0.05, 0) is 42.7 Å². The maximum Gasteiger partial charge on any atom is 0.224 e. The van der Waals surface area contributed by atoms with Crippen molar-refractivity contribution < 1.29 is 4.79 Å². The summed E-state index contributed by atoms with van der Waals surface area (Å²) in [5, 5.41) is 4.05. The number of aryl methyl sites for hydroxylation is 2. The van der Waals surface area contributed by atoms with Gasteiger partial charge >= 0.3 is 0 Å². The second kappa shape index (κ2) is 6.57. The van der Waals surface area contributed by atoms with E-state index in [1.807, 2.05) is 43.3 Å². The van der Waals surface area contributed by atoms with E-state index in [9.17, 15) is 4.79 Å². The zero-order chi connectivity index (χ0) is 16.2. The van der Waals surface area contributed by atoms with Gasteiger partial charge in [-0.1, -0.05) is 24.3 Å². The molecule has 116 valence electrons. The molecule has 0 spiro atoms. The Labute approximate surface area is 135 Å². The lowest BCUT2D eigenvalue weighted by Gasteiger charge is -2.12. The Balaban J connectivity index is 1.77. The van der Waals surface area contributed by atoms with Gasteiger partial charge in [0.05, 0.1) is 11.9 Å². The number of carbonyl (C=O) groups excluding carboxylic acids is 1. The number of aromatic nitrogens is 2. The van der Waals surface area contributed by atoms with Gasteiger partial charge in [0.2, 0.25) is 5.91 Å². The van der Waals surface area contributed by atoms with Crippen molar-refractivity contribution in [1.29, 1.82) is 0 Å². The van der Waals surface area contributed by atoms with Gasteiger partial charge < -0.3 is 5.32 Å². The first-order valence-corrected chi connectivity index (χ1v) is 7.65. The molecule has 0 saturated heterocycles. The van der Waals surface area contributed by atoms with Crippen molar-refractivity contribution in [2.24, 2.45) is 0 Å². The fourth-order valence-corrected chi connectivity index (χ4v) is 2.76. The second-order valence-corrected chi connectivity index (χ2v) is 5.63. The molecule has 0 bridgehead atoms. The molecule has 4 nitrogen and oxygen atoms in total. The summed E-state index contributed by atoms with van der Waals surface area (Å²) in [7, 11) is 0. The molecule has 1 amide bonds. The highest BCUT2D eigenvalue weighted by atomic mass is 16.1. The number of hydrogen-bond acceptors (Lipinski definition) is 3. The van der Waals surface area contributed by atoms with Crippen LogP contribution in [0.4, 0.5) is 0 Å². The Bertz CT molecular complexity index is 844. The highest BCUT2D eigenvalue weighted by molar-refractivity contribution is 5.86. The van der Waals surface area contributed by atoms with E-state index in [1.165, 1.54) is 0 Å². The maximum atomic E-state index is 12.3. The predicted molar refractivity (Wildman–Crippen MR) is 91.0 cm³/mol. The molecule has 0 radical (unpaired) electrons. The Hall–Kier alpha value is -2.75. The van der Waals surface area contributed by atoms with Crippen molar-refractivity contribution in [2.45, 2.75) is 26.8 Å². The van der Waals surface area contributed by atoms with Gasteiger partial charge in [0.1, 0.15) is 0 Å². The average molecular weight is 305 g/mol. The lowest BCUT2D eigenvalue weighted by molar-refractivity contribution is -0.120. The quantitative estimate of drug-likeness (QED) is 0.806. The van der Waals surface area contributed by atoms with E-state index >= 15 is 0 Å². The van der Waals surface area contributed by atoms with Crippen molar-refractivity contribution in [2.75, 3.05) is 0 Å². The molecule has 2 aromatic heterocycles. The molecule has 1 aromatic carbocycles. The predicted octanol–water partition coefficient (Wildman–Crippen LogP) is 3.11. The summed E-state index contributed by atoms with van der Waals surface area (Å²) in [6.07, 6.45) is 3.82. The van der Waals surface area contributed by atoms with E-state index < -0.39 is 0 Å². The molecule has 0 unspecified atom stereocenters. The van der Waals surface area contributed by atoms with Crippen LogP contribution in [0.1, 0.15) is 22.4 Å². The van der Waals surface area contributed by atoms with Crippen LogP contribution in [0.15, 0.2) is 48.8 Å². The Morgan fingerprint density at radius 2 is 1.96 bits per heavy atom. The molecule has 0 aliphatic heterocycles. The molecular formula is C19H19N3O. The minimum absolute atomic E-state index is 0.00265. The summed E-state index contributed by atoms with van der Waals surface area (Å²) in [6.45, 7) is 4.51. The molecule has 0 fully saturated rings. The van der Waals surface area contributed by atoms with Gasteiger partial charge in [-0.3, -0.25) is 14.8 Å². The lowest BCUT2D eigenvalue weighted by atomic mass is 9.99. The normalized spacial score (nSPS) is 10.7. The van der Waals surface area contributed by atoms with Crippen molar-refractivity contribution in [3.63, 3.8) is 0 Å². The summed E-state index contributed by atoms with van der Waals surface area (Å²) in [5.74, 6) is -0.00265. The number of benzene rings is 1. The van der Waals surface area contributed by atoms with E-state index in [4.69, 9.17) is 0 Å².